The number of amides is 2. The molecular formula is C20H16ClIN2O4S2. The summed E-state index contributed by atoms with van der Waals surface area (Å²) in [6, 6.07) is 10.5. The summed E-state index contributed by atoms with van der Waals surface area (Å²) >= 11 is 14.6. The fraction of sp³-hybridized carbons (Fsp3) is 0.150. The number of halogens is 2. The van der Waals surface area contributed by atoms with E-state index >= 15 is 0 Å². The summed E-state index contributed by atoms with van der Waals surface area (Å²) < 4.78 is 12.4. The molecular weight excluding hydrogens is 559 g/mol. The van der Waals surface area contributed by atoms with Crippen molar-refractivity contribution in [1.29, 1.82) is 0 Å². The maximum Gasteiger partial charge on any atom is 0.265 e. The number of anilines is 1. The Labute approximate surface area is 202 Å². The molecule has 0 aliphatic carbocycles. The van der Waals surface area contributed by atoms with Gasteiger partial charge in [0.25, 0.3) is 11.8 Å². The number of para-hydroxylation sites is 1. The average molecular weight is 575 g/mol. The van der Waals surface area contributed by atoms with E-state index in [1.807, 2.05) is 6.07 Å². The lowest BCUT2D eigenvalue weighted by molar-refractivity contribution is -0.121. The monoisotopic (exact) mass is 574 g/mol. The van der Waals surface area contributed by atoms with Crippen molar-refractivity contribution < 1.29 is 19.1 Å². The van der Waals surface area contributed by atoms with Gasteiger partial charge < -0.3 is 14.8 Å². The van der Waals surface area contributed by atoms with E-state index in [4.69, 9.17) is 33.3 Å². The van der Waals surface area contributed by atoms with Crippen LogP contribution in [-0.2, 0) is 9.59 Å². The summed E-state index contributed by atoms with van der Waals surface area (Å²) in [5, 5.41) is 3.15. The van der Waals surface area contributed by atoms with Crippen LogP contribution in [0.15, 0.2) is 41.3 Å². The highest BCUT2D eigenvalue weighted by Crippen LogP contribution is 2.37. The van der Waals surface area contributed by atoms with Crippen LogP contribution in [0.4, 0.5) is 5.69 Å². The van der Waals surface area contributed by atoms with Crippen LogP contribution in [0.25, 0.3) is 6.08 Å². The molecule has 2 aromatic rings. The number of nitrogens with zero attached hydrogens (tertiary/aromatic N) is 1. The van der Waals surface area contributed by atoms with Gasteiger partial charge in [0.15, 0.2) is 18.1 Å². The molecule has 2 amide bonds. The molecule has 0 aromatic heterocycles. The zero-order valence-corrected chi connectivity index (χ0v) is 20.4. The first-order valence-electron chi connectivity index (χ1n) is 8.56. The van der Waals surface area contributed by atoms with E-state index in [1.54, 1.807) is 43.5 Å². The van der Waals surface area contributed by atoms with Crippen molar-refractivity contribution in [3.05, 3.63) is 55.5 Å². The molecule has 1 aliphatic rings. The molecule has 3 rings (SSSR count). The first-order chi connectivity index (χ1) is 14.3. The summed E-state index contributed by atoms with van der Waals surface area (Å²) in [4.78, 5) is 26.4. The Hall–Kier alpha value is -1.82. The van der Waals surface area contributed by atoms with Crippen LogP contribution >= 0.6 is 58.2 Å². The van der Waals surface area contributed by atoms with Gasteiger partial charge in [0.2, 0.25) is 0 Å². The van der Waals surface area contributed by atoms with Crippen LogP contribution in [0.3, 0.4) is 0 Å². The Bertz CT molecular complexity index is 1060. The summed E-state index contributed by atoms with van der Waals surface area (Å²) in [7, 11) is 3.16. The van der Waals surface area contributed by atoms with E-state index in [0.717, 1.165) is 9.13 Å². The Balaban J connectivity index is 1.75. The van der Waals surface area contributed by atoms with E-state index in [2.05, 4.69) is 27.9 Å². The molecule has 30 heavy (non-hydrogen) atoms. The number of methoxy groups -OCH3 is 1. The summed E-state index contributed by atoms with van der Waals surface area (Å²) in [6.07, 6.45) is 1.75. The summed E-state index contributed by atoms with van der Waals surface area (Å²) in [5.41, 5.74) is 1.27. The van der Waals surface area contributed by atoms with Gasteiger partial charge in [-0.2, -0.15) is 0 Å². The minimum atomic E-state index is -0.350. The molecule has 0 radical (unpaired) electrons. The Morgan fingerprint density at radius 3 is 2.73 bits per heavy atom. The average Bonchev–Trinajstić information content (AvgIpc) is 2.95. The predicted octanol–water partition coefficient (Wildman–Crippen LogP) is 4.80. The molecule has 0 bridgehead atoms. The zero-order chi connectivity index (χ0) is 21.8. The summed E-state index contributed by atoms with van der Waals surface area (Å²) in [6.45, 7) is -0.217. The minimum Gasteiger partial charge on any atom is -0.493 e. The molecule has 0 atom stereocenters. The van der Waals surface area contributed by atoms with Gasteiger partial charge in [-0.1, -0.05) is 47.7 Å². The van der Waals surface area contributed by atoms with Gasteiger partial charge >= 0.3 is 0 Å². The van der Waals surface area contributed by atoms with Crippen LogP contribution < -0.4 is 14.8 Å². The van der Waals surface area contributed by atoms with Crippen molar-refractivity contribution in [1.82, 2.24) is 4.90 Å². The normalized spacial score (nSPS) is 14.9. The van der Waals surface area contributed by atoms with Gasteiger partial charge in [0.05, 0.1) is 26.3 Å². The number of ether oxygens (including phenoxy) is 2. The second-order valence-electron chi connectivity index (χ2n) is 6.09. The van der Waals surface area contributed by atoms with Crippen molar-refractivity contribution in [2.75, 3.05) is 26.1 Å². The van der Waals surface area contributed by atoms with E-state index in [-0.39, 0.29) is 18.4 Å². The largest absolute Gasteiger partial charge is 0.493 e. The number of thiocarbonyl (C=S) groups is 1. The number of benzene rings is 2. The van der Waals surface area contributed by atoms with E-state index in [1.165, 1.54) is 23.8 Å². The predicted molar refractivity (Wildman–Crippen MR) is 132 cm³/mol. The number of hydrogen-bond acceptors (Lipinski definition) is 6. The highest BCUT2D eigenvalue weighted by Gasteiger charge is 2.28. The second-order valence-corrected chi connectivity index (χ2v) is 9.34. The molecule has 0 unspecified atom stereocenters. The zero-order valence-electron chi connectivity index (χ0n) is 15.9. The third-order valence-corrected chi connectivity index (χ3v) is 6.65. The molecule has 1 N–H and O–H groups in total. The molecule has 1 aliphatic heterocycles. The number of carbonyl (C=O) groups excluding carboxylic acids is 2. The highest BCUT2D eigenvalue weighted by atomic mass is 127. The van der Waals surface area contributed by atoms with Gasteiger partial charge in [0.1, 0.15) is 4.32 Å². The van der Waals surface area contributed by atoms with Gasteiger partial charge in [-0.3, -0.25) is 14.5 Å². The third kappa shape index (κ3) is 5.26. The summed E-state index contributed by atoms with van der Waals surface area (Å²) in [5.74, 6) is 0.394. The minimum absolute atomic E-state index is 0.143. The number of hydrogen-bond donors (Lipinski definition) is 1. The number of thioether (sulfide) groups is 1. The molecule has 0 saturated carbocycles. The maximum absolute atomic E-state index is 12.2. The molecule has 156 valence electrons. The van der Waals surface area contributed by atoms with Gasteiger partial charge in [-0.05, 0) is 58.5 Å². The van der Waals surface area contributed by atoms with Gasteiger partial charge in [-0.25, -0.2) is 0 Å². The lowest BCUT2D eigenvalue weighted by atomic mass is 10.2. The molecule has 0 spiro atoms. The van der Waals surface area contributed by atoms with E-state index in [9.17, 15) is 9.59 Å². The quantitative estimate of drug-likeness (QED) is 0.304. The lowest BCUT2D eigenvalue weighted by Crippen LogP contribution is -2.22. The molecule has 6 nitrogen and oxygen atoms in total. The van der Waals surface area contributed by atoms with Crippen LogP contribution in [0.2, 0.25) is 5.02 Å². The van der Waals surface area contributed by atoms with E-state index in [0.29, 0.717) is 31.4 Å². The molecule has 1 heterocycles. The van der Waals surface area contributed by atoms with Crippen molar-refractivity contribution >= 4 is 86.1 Å². The number of nitrogens with one attached hydrogen (secondary N) is 1. The van der Waals surface area contributed by atoms with Crippen LogP contribution in [0, 0.1) is 3.57 Å². The molecule has 1 saturated heterocycles. The fourth-order valence-corrected chi connectivity index (χ4v) is 4.69. The van der Waals surface area contributed by atoms with Crippen LogP contribution in [0.1, 0.15) is 5.56 Å². The van der Waals surface area contributed by atoms with Crippen molar-refractivity contribution in [3.63, 3.8) is 0 Å². The van der Waals surface area contributed by atoms with Gasteiger partial charge in [-0.15, -0.1) is 0 Å². The van der Waals surface area contributed by atoms with Crippen LogP contribution in [-0.4, -0.2) is 41.8 Å². The smallest absolute Gasteiger partial charge is 0.265 e. The maximum atomic E-state index is 12.2. The highest BCUT2D eigenvalue weighted by molar-refractivity contribution is 14.1. The second kappa shape index (κ2) is 9.99. The standard InChI is InChI=1S/C20H16ClIN2O4S2/c1-24-19(26)16(30-20(24)29)9-11-7-13(22)18(15(8-11)27-2)28-10-17(25)23-14-6-4-3-5-12(14)21/h3-9H,10H2,1-2H3,(H,23,25)/b16-9-. The van der Waals surface area contributed by atoms with Crippen molar-refractivity contribution in [2.24, 2.45) is 0 Å². The number of likely N-dealkylation sites (N-methyl/N-ethyl adjacent to an activating group) is 1. The van der Waals surface area contributed by atoms with Crippen molar-refractivity contribution in [3.8, 4) is 11.5 Å². The fourth-order valence-electron chi connectivity index (χ4n) is 2.55. The van der Waals surface area contributed by atoms with E-state index < -0.39 is 0 Å². The Morgan fingerprint density at radius 2 is 2.10 bits per heavy atom. The first-order valence-corrected chi connectivity index (χ1v) is 11.2. The third-order valence-electron chi connectivity index (χ3n) is 4.03. The van der Waals surface area contributed by atoms with Gasteiger partial charge in [0, 0.05) is 7.05 Å². The topological polar surface area (TPSA) is 67.9 Å². The molecule has 1 fully saturated rings. The lowest BCUT2D eigenvalue weighted by Gasteiger charge is -2.14. The van der Waals surface area contributed by atoms with Crippen molar-refractivity contribution in [2.45, 2.75) is 0 Å². The SMILES string of the molecule is COc1cc(/C=C2\SC(=S)N(C)C2=O)cc(I)c1OCC(=O)Nc1ccccc1Cl. The Kier molecular flexibility index (Phi) is 7.61. The number of rotatable bonds is 6. The number of carbonyl (C=O) groups is 2. The first kappa shape index (κ1) is 22.9. The van der Waals surface area contributed by atoms with Crippen LogP contribution in [0.5, 0.6) is 11.5 Å². The molecule has 10 heteroatoms. The Morgan fingerprint density at radius 1 is 1.37 bits per heavy atom. The molecule has 2 aromatic carbocycles.